The van der Waals surface area contributed by atoms with Crippen LogP contribution < -0.4 is 15.5 Å². The smallest absolute Gasteiger partial charge is 0.217 e. The Kier molecular flexibility index (Phi) is 2.66. The molecular formula is C12H15N5O2. The third-order valence-electron chi connectivity index (χ3n) is 3.18. The van der Waals surface area contributed by atoms with Crippen molar-refractivity contribution in [2.24, 2.45) is 5.73 Å². The molecule has 0 radical (unpaired) electrons. The summed E-state index contributed by atoms with van der Waals surface area (Å²) in [4.78, 5) is 4.09. The van der Waals surface area contributed by atoms with Gasteiger partial charge in [-0.2, -0.15) is 0 Å². The lowest BCUT2D eigenvalue weighted by atomic mass is 10.2. The molecule has 7 nitrogen and oxygen atoms in total. The van der Waals surface area contributed by atoms with Crippen LogP contribution in [0.25, 0.3) is 0 Å². The van der Waals surface area contributed by atoms with Gasteiger partial charge in [0.1, 0.15) is 12.4 Å². The summed E-state index contributed by atoms with van der Waals surface area (Å²) in [6.07, 6.45) is 1.69. The van der Waals surface area contributed by atoms with Crippen molar-refractivity contribution < 1.29 is 9.47 Å². The molecule has 0 bridgehead atoms. The monoisotopic (exact) mass is 261 g/mol. The number of anilines is 1. The van der Waals surface area contributed by atoms with Crippen LogP contribution >= 0.6 is 0 Å². The van der Waals surface area contributed by atoms with Crippen LogP contribution in [0.2, 0.25) is 0 Å². The van der Waals surface area contributed by atoms with Gasteiger partial charge in [0.15, 0.2) is 0 Å². The highest BCUT2D eigenvalue weighted by molar-refractivity contribution is 5.96. The van der Waals surface area contributed by atoms with Crippen molar-refractivity contribution in [2.45, 2.75) is 0 Å². The van der Waals surface area contributed by atoms with E-state index in [1.807, 2.05) is 22.2 Å². The van der Waals surface area contributed by atoms with E-state index in [0.29, 0.717) is 30.5 Å². The molecule has 0 saturated carbocycles. The predicted octanol–water partition coefficient (Wildman–Crippen LogP) is 0.305. The summed E-state index contributed by atoms with van der Waals surface area (Å²) in [6, 6.07) is 3.74. The first kappa shape index (κ1) is 11.6. The number of methoxy groups -OCH3 is 1. The fourth-order valence-electron chi connectivity index (χ4n) is 2.28. The minimum absolute atomic E-state index is 0.0467. The van der Waals surface area contributed by atoms with Gasteiger partial charge in [-0.1, -0.05) is 0 Å². The zero-order valence-corrected chi connectivity index (χ0v) is 10.6. The molecule has 1 aromatic heterocycles. The highest BCUT2D eigenvalue weighted by Gasteiger charge is 2.36. The molecule has 100 valence electrons. The van der Waals surface area contributed by atoms with Gasteiger partial charge in [0.25, 0.3) is 0 Å². The molecule has 7 heteroatoms. The van der Waals surface area contributed by atoms with Gasteiger partial charge >= 0.3 is 0 Å². The SMILES string of the molecule is COc1cc(N2CC(C(=N)N)=C3OCCN32)ccn1. The third kappa shape index (κ3) is 1.83. The van der Waals surface area contributed by atoms with Crippen LogP contribution in [0.15, 0.2) is 29.8 Å². The van der Waals surface area contributed by atoms with Gasteiger partial charge in [-0.05, 0) is 6.07 Å². The topological polar surface area (TPSA) is 87.7 Å². The first-order chi connectivity index (χ1) is 9.20. The van der Waals surface area contributed by atoms with E-state index in [2.05, 4.69) is 4.98 Å². The predicted molar refractivity (Wildman–Crippen MR) is 69.7 cm³/mol. The van der Waals surface area contributed by atoms with Crippen molar-refractivity contribution in [3.8, 4) is 5.88 Å². The number of fused-ring (bicyclic) bond motifs is 1. The van der Waals surface area contributed by atoms with Crippen LogP contribution in [0.1, 0.15) is 0 Å². The fraction of sp³-hybridized carbons (Fsp3) is 0.333. The lowest BCUT2D eigenvalue weighted by molar-refractivity contribution is 0.240. The van der Waals surface area contributed by atoms with Crippen molar-refractivity contribution in [2.75, 3.05) is 31.8 Å². The minimum Gasteiger partial charge on any atom is -0.481 e. The molecule has 0 atom stereocenters. The van der Waals surface area contributed by atoms with Gasteiger partial charge < -0.3 is 15.2 Å². The van der Waals surface area contributed by atoms with Crippen molar-refractivity contribution in [3.63, 3.8) is 0 Å². The van der Waals surface area contributed by atoms with E-state index >= 15 is 0 Å². The van der Waals surface area contributed by atoms with Crippen molar-refractivity contribution in [1.29, 1.82) is 5.41 Å². The number of nitrogens with zero attached hydrogens (tertiary/aromatic N) is 3. The van der Waals surface area contributed by atoms with Gasteiger partial charge in [0.2, 0.25) is 11.8 Å². The van der Waals surface area contributed by atoms with Gasteiger partial charge in [-0.3, -0.25) is 15.4 Å². The summed E-state index contributed by atoms with van der Waals surface area (Å²) in [6.45, 7) is 1.87. The second kappa shape index (κ2) is 4.34. The van der Waals surface area contributed by atoms with Crippen LogP contribution in [0.3, 0.4) is 0 Å². The molecule has 3 heterocycles. The number of amidine groups is 1. The largest absolute Gasteiger partial charge is 0.481 e. The Morgan fingerprint density at radius 1 is 1.53 bits per heavy atom. The first-order valence-corrected chi connectivity index (χ1v) is 5.96. The van der Waals surface area contributed by atoms with E-state index in [9.17, 15) is 0 Å². The van der Waals surface area contributed by atoms with E-state index in [4.69, 9.17) is 20.6 Å². The zero-order valence-electron chi connectivity index (χ0n) is 10.6. The number of hydrazine groups is 1. The van der Waals surface area contributed by atoms with Crippen molar-refractivity contribution >= 4 is 11.5 Å². The van der Waals surface area contributed by atoms with Gasteiger partial charge in [0, 0.05) is 12.3 Å². The molecular weight excluding hydrogens is 246 g/mol. The first-order valence-electron chi connectivity index (χ1n) is 5.96. The molecule has 0 amide bonds. The Labute approximate surface area is 110 Å². The van der Waals surface area contributed by atoms with E-state index in [0.717, 1.165) is 12.2 Å². The molecule has 0 aromatic carbocycles. The van der Waals surface area contributed by atoms with Crippen LogP contribution in [-0.2, 0) is 4.74 Å². The molecule has 1 aromatic rings. The Balaban J connectivity index is 1.94. The number of ether oxygens (including phenoxy) is 2. The second-order valence-corrected chi connectivity index (χ2v) is 4.28. The molecule has 3 N–H and O–H groups in total. The quantitative estimate of drug-likeness (QED) is 0.601. The lowest BCUT2D eigenvalue weighted by Crippen LogP contribution is -2.36. The molecule has 2 aliphatic heterocycles. The summed E-state index contributed by atoms with van der Waals surface area (Å²) in [5, 5.41) is 11.6. The maximum absolute atomic E-state index is 7.62. The summed E-state index contributed by atoms with van der Waals surface area (Å²) in [5.41, 5.74) is 7.26. The number of nitrogens with two attached hydrogens (primary N) is 1. The summed E-state index contributed by atoms with van der Waals surface area (Å²) in [7, 11) is 1.58. The number of hydrogen-bond acceptors (Lipinski definition) is 6. The number of rotatable bonds is 3. The minimum atomic E-state index is 0.0467. The second-order valence-electron chi connectivity index (χ2n) is 4.28. The average Bonchev–Trinajstić information content (AvgIpc) is 2.99. The standard InChI is InChI=1S/C12H15N5O2/c1-18-10-6-8(2-3-15-10)17-7-9(11(13)14)12-16(17)4-5-19-12/h2-3,6H,4-5,7H2,1H3,(H3,13,14). The van der Waals surface area contributed by atoms with Crippen molar-refractivity contribution in [3.05, 3.63) is 29.8 Å². The Hall–Kier alpha value is -2.44. The summed E-state index contributed by atoms with van der Waals surface area (Å²) in [5.74, 6) is 1.28. The maximum Gasteiger partial charge on any atom is 0.217 e. The molecule has 3 rings (SSSR count). The third-order valence-corrected chi connectivity index (χ3v) is 3.18. The molecule has 19 heavy (non-hydrogen) atoms. The molecule has 0 aliphatic carbocycles. The molecule has 0 unspecified atom stereocenters. The van der Waals surface area contributed by atoms with E-state index in [1.165, 1.54) is 0 Å². The fourth-order valence-corrected chi connectivity index (χ4v) is 2.28. The van der Waals surface area contributed by atoms with Gasteiger partial charge in [-0.25, -0.2) is 4.98 Å². The number of aromatic nitrogens is 1. The Morgan fingerprint density at radius 3 is 3.11 bits per heavy atom. The summed E-state index contributed by atoms with van der Waals surface area (Å²) < 4.78 is 10.7. The Bertz CT molecular complexity index is 557. The molecule has 1 saturated heterocycles. The molecule has 2 aliphatic rings. The number of pyridine rings is 1. The highest BCUT2D eigenvalue weighted by Crippen LogP contribution is 2.33. The Morgan fingerprint density at radius 2 is 2.37 bits per heavy atom. The average molecular weight is 261 g/mol. The van der Waals surface area contributed by atoms with Crippen LogP contribution in [0.5, 0.6) is 5.88 Å². The lowest BCUT2D eigenvalue weighted by Gasteiger charge is -2.28. The maximum atomic E-state index is 7.62. The number of hydrogen-bond donors (Lipinski definition) is 2. The zero-order chi connectivity index (χ0) is 13.4. The van der Waals surface area contributed by atoms with Gasteiger partial charge in [-0.15, -0.1) is 0 Å². The number of nitrogens with one attached hydrogen (secondary N) is 1. The van der Waals surface area contributed by atoms with Gasteiger partial charge in [0.05, 0.1) is 31.5 Å². The molecule has 0 spiro atoms. The normalized spacial score (nSPS) is 17.5. The van der Waals surface area contributed by atoms with E-state index in [1.54, 1.807) is 13.3 Å². The van der Waals surface area contributed by atoms with E-state index in [-0.39, 0.29) is 5.84 Å². The molecule has 1 fully saturated rings. The van der Waals surface area contributed by atoms with E-state index < -0.39 is 0 Å². The van der Waals surface area contributed by atoms with Crippen LogP contribution in [0, 0.1) is 5.41 Å². The van der Waals surface area contributed by atoms with Crippen LogP contribution in [0.4, 0.5) is 5.69 Å². The summed E-state index contributed by atoms with van der Waals surface area (Å²) >= 11 is 0. The highest BCUT2D eigenvalue weighted by atomic mass is 16.5. The van der Waals surface area contributed by atoms with Crippen LogP contribution in [-0.4, -0.2) is 42.6 Å². The van der Waals surface area contributed by atoms with Crippen molar-refractivity contribution in [1.82, 2.24) is 9.99 Å².